The van der Waals surface area contributed by atoms with Gasteiger partial charge in [0.25, 0.3) is 0 Å². The van der Waals surface area contributed by atoms with Crippen LogP contribution in [0.1, 0.15) is 56.1 Å². The Morgan fingerprint density at radius 2 is 1.90 bits per heavy atom. The van der Waals surface area contributed by atoms with E-state index in [2.05, 4.69) is 66.3 Å². The lowest BCUT2D eigenvalue weighted by atomic mass is 10.1. The lowest BCUT2D eigenvalue weighted by Crippen LogP contribution is -2.30. The van der Waals surface area contributed by atoms with Crippen LogP contribution in [0.4, 0.5) is 0 Å². The monoisotopic (exact) mass is 391 g/mol. The van der Waals surface area contributed by atoms with Crippen molar-refractivity contribution in [1.82, 2.24) is 14.7 Å². The third-order valence-corrected chi connectivity index (χ3v) is 5.97. The molecule has 0 saturated heterocycles. The molecule has 154 valence electrons. The van der Waals surface area contributed by atoms with Gasteiger partial charge in [0.1, 0.15) is 11.4 Å². The summed E-state index contributed by atoms with van der Waals surface area (Å²) < 4.78 is 8.08. The molecule has 29 heavy (non-hydrogen) atoms. The van der Waals surface area contributed by atoms with Crippen LogP contribution in [0.15, 0.2) is 42.7 Å². The van der Waals surface area contributed by atoms with E-state index in [9.17, 15) is 0 Å². The largest absolute Gasteiger partial charge is 0.494 e. The van der Waals surface area contributed by atoms with E-state index in [4.69, 9.17) is 9.72 Å². The summed E-state index contributed by atoms with van der Waals surface area (Å²) in [5.74, 6) is 0.945. The molecule has 1 aliphatic rings. The first-order valence-corrected chi connectivity index (χ1v) is 11.1. The number of imidazole rings is 1. The number of fused-ring (bicyclic) bond motifs is 1. The number of nitrogens with one attached hydrogen (secondary N) is 1. The number of aromatic nitrogens is 2. The van der Waals surface area contributed by atoms with E-state index < -0.39 is 0 Å². The van der Waals surface area contributed by atoms with Gasteiger partial charge < -0.3 is 14.5 Å². The van der Waals surface area contributed by atoms with E-state index in [1.165, 1.54) is 49.7 Å². The molecule has 4 rings (SSSR count). The van der Waals surface area contributed by atoms with Crippen molar-refractivity contribution in [3.05, 3.63) is 53.9 Å². The van der Waals surface area contributed by atoms with Gasteiger partial charge in [0.15, 0.2) is 0 Å². The molecule has 4 nitrogen and oxygen atoms in total. The third kappa shape index (κ3) is 5.18. The zero-order chi connectivity index (χ0) is 20.1. The van der Waals surface area contributed by atoms with E-state index in [0.29, 0.717) is 6.04 Å². The molecule has 0 amide bonds. The number of aryl methyl sites for hydroxylation is 2. The summed E-state index contributed by atoms with van der Waals surface area (Å²) in [6, 6.07) is 11.3. The second-order valence-electron chi connectivity index (χ2n) is 8.42. The summed E-state index contributed by atoms with van der Waals surface area (Å²) >= 11 is 0. The maximum absolute atomic E-state index is 6.00. The van der Waals surface area contributed by atoms with Crippen molar-refractivity contribution < 1.29 is 4.74 Å². The molecule has 2 aromatic heterocycles. The molecule has 0 radical (unpaired) electrons. The molecular weight excluding hydrogens is 358 g/mol. The predicted molar refractivity (Wildman–Crippen MR) is 120 cm³/mol. The van der Waals surface area contributed by atoms with E-state index >= 15 is 0 Å². The molecule has 2 heterocycles. The third-order valence-electron chi connectivity index (χ3n) is 5.97. The number of pyridine rings is 1. The standard InChI is InChI=1S/C25H33N3O/c1-19-12-14-28-18-24(27-25(28)16-19)23-11-10-22(17-20(23)2)29-15-7-13-26-21-8-5-3-4-6-9-21/h10-12,14,16-18,21,26H,3-9,13,15H2,1-2H3. The summed E-state index contributed by atoms with van der Waals surface area (Å²) in [7, 11) is 0. The maximum Gasteiger partial charge on any atom is 0.137 e. The maximum atomic E-state index is 6.00. The van der Waals surface area contributed by atoms with E-state index in [1.54, 1.807) is 0 Å². The van der Waals surface area contributed by atoms with Gasteiger partial charge in [-0.2, -0.15) is 0 Å². The van der Waals surface area contributed by atoms with Crippen LogP contribution in [0, 0.1) is 13.8 Å². The molecule has 0 spiro atoms. The Balaban J connectivity index is 1.30. The van der Waals surface area contributed by atoms with Crippen LogP contribution in [-0.2, 0) is 0 Å². The molecular formula is C25H33N3O. The van der Waals surface area contributed by atoms with Gasteiger partial charge >= 0.3 is 0 Å². The SMILES string of the molecule is Cc1ccn2cc(-c3ccc(OCCCNC4CCCCCC4)cc3C)nc2c1. The minimum Gasteiger partial charge on any atom is -0.494 e. The van der Waals surface area contributed by atoms with Crippen molar-refractivity contribution in [2.75, 3.05) is 13.2 Å². The van der Waals surface area contributed by atoms with Gasteiger partial charge in [-0.3, -0.25) is 0 Å². The fourth-order valence-electron chi connectivity index (χ4n) is 4.28. The average molecular weight is 392 g/mol. The van der Waals surface area contributed by atoms with Crippen molar-refractivity contribution >= 4 is 5.65 Å². The summed E-state index contributed by atoms with van der Waals surface area (Å²) in [5, 5.41) is 3.72. The average Bonchev–Trinajstić information content (AvgIpc) is 2.94. The summed E-state index contributed by atoms with van der Waals surface area (Å²) in [4.78, 5) is 4.79. The van der Waals surface area contributed by atoms with Crippen LogP contribution in [0.3, 0.4) is 0 Å². The van der Waals surface area contributed by atoms with Gasteiger partial charge in [0.2, 0.25) is 0 Å². The van der Waals surface area contributed by atoms with Crippen LogP contribution in [-0.4, -0.2) is 28.6 Å². The number of hydrogen-bond donors (Lipinski definition) is 1. The lowest BCUT2D eigenvalue weighted by Gasteiger charge is -2.16. The lowest BCUT2D eigenvalue weighted by molar-refractivity contribution is 0.302. The van der Waals surface area contributed by atoms with Gasteiger partial charge in [-0.05, 0) is 81.1 Å². The van der Waals surface area contributed by atoms with Crippen molar-refractivity contribution in [2.24, 2.45) is 0 Å². The van der Waals surface area contributed by atoms with Gasteiger partial charge in [0.05, 0.1) is 12.3 Å². The molecule has 1 saturated carbocycles. The highest BCUT2D eigenvalue weighted by molar-refractivity contribution is 5.67. The van der Waals surface area contributed by atoms with Crippen molar-refractivity contribution in [3.8, 4) is 17.0 Å². The Morgan fingerprint density at radius 1 is 1.07 bits per heavy atom. The Morgan fingerprint density at radius 3 is 2.69 bits per heavy atom. The van der Waals surface area contributed by atoms with Crippen molar-refractivity contribution in [3.63, 3.8) is 0 Å². The summed E-state index contributed by atoms with van der Waals surface area (Å²) in [6.45, 7) is 6.03. The molecule has 1 N–H and O–H groups in total. The number of benzene rings is 1. The van der Waals surface area contributed by atoms with E-state index in [1.807, 2.05) is 0 Å². The first-order valence-electron chi connectivity index (χ1n) is 11.1. The Hall–Kier alpha value is -2.33. The minimum absolute atomic E-state index is 0.716. The topological polar surface area (TPSA) is 38.6 Å². The second kappa shape index (κ2) is 9.45. The highest BCUT2D eigenvalue weighted by Gasteiger charge is 2.11. The molecule has 3 aromatic rings. The zero-order valence-corrected chi connectivity index (χ0v) is 17.8. The Kier molecular flexibility index (Phi) is 6.50. The molecule has 0 atom stereocenters. The Bertz CT molecular complexity index is 938. The second-order valence-corrected chi connectivity index (χ2v) is 8.42. The minimum atomic E-state index is 0.716. The molecule has 1 aliphatic carbocycles. The van der Waals surface area contributed by atoms with Crippen LogP contribution in [0.2, 0.25) is 0 Å². The molecule has 1 aromatic carbocycles. The highest BCUT2D eigenvalue weighted by Crippen LogP contribution is 2.27. The van der Waals surface area contributed by atoms with Crippen molar-refractivity contribution in [2.45, 2.75) is 64.8 Å². The molecule has 0 bridgehead atoms. The first kappa shape index (κ1) is 20.0. The van der Waals surface area contributed by atoms with Gasteiger partial charge in [-0.15, -0.1) is 0 Å². The zero-order valence-electron chi connectivity index (χ0n) is 17.8. The number of ether oxygens (including phenoxy) is 1. The van der Waals surface area contributed by atoms with E-state index in [-0.39, 0.29) is 0 Å². The van der Waals surface area contributed by atoms with Crippen LogP contribution in [0.25, 0.3) is 16.9 Å². The van der Waals surface area contributed by atoms with Gasteiger partial charge in [-0.1, -0.05) is 25.7 Å². The normalized spacial score (nSPS) is 15.5. The molecule has 4 heteroatoms. The smallest absolute Gasteiger partial charge is 0.137 e. The number of hydrogen-bond acceptors (Lipinski definition) is 3. The van der Waals surface area contributed by atoms with Crippen LogP contribution in [0.5, 0.6) is 5.75 Å². The summed E-state index contributed by atoms with van der Waals surface area (Å²) in [5.41, 5.74) is 5.57. The van der Waals surface area contributed by atoms with E-state index in [0.717, 1.165) is 42.2 Å². The van der Waals surface area contributed by atoms with Crippen molar-refractivity contribution in [1.29, 1.82) is 0 Å². The van der Waals surface area contributed by atoms with Crippen LogP contribution < -0.4 is 10.1 Å². The molecule has 1 fully saturated rings. The summed E-state index contributed by atoms with van der Waals surface area (Å²) in [6.07, 6.45) is 13.5. The van der Waals surface area contributed by atoms with Gasteiger partial charge in [0, 0.05) is 24.0 Å². The molecule has 0 aliphatic heterocycles. The van der Waals surface area contributed by atoms with Gasteiger partial charge in [-0.25, -0.2) is 4.98 Å². The molecule has 0 unspecified atom stereocenters. The highest BCUT2D eigenvalue weighted by atomic mass is 16.5. The van der Waals surface area contributed by atoms with Crippen LogP contribution >= 0.6 is 0 Å². The fraction of sp³-hybridized carbons (Fsp3) is 0.480. The quantitative estimate of drug-likeness (QED) is 0.415. The number of rotatable bonds is 7. The first-order chi connectivity index (χ1) is 14.2. The number of nitrogens with zero attached hydrogens (tertiary/aromatic N) is 2. The predicted octanol–water partition coefficient (Wildman–Crippen LogP) is 5.70. The fourth-order valence-corrected chi connectivity index (χ4v) is 4.28. The Labute approximate surface area is 174 Å².